The van der Waals surface area contributed by atoms with Crippen LogP contribution in [0.3, 0.4) is 0 Å². The molecule has 0 fully saturated rings. The first-order valence-corrected chi connectivity index (χ1v) is 9.49. The Morgan fingerprint density at radius 1 is 0.962 bits per heavy atom. The van der Waals surface area contributed by atoms with E-state index in [1.165, 1.54) is 0 Å². The lowest BCUT2D eigenvalue weighted by atomic mass is 10.1. The summed E-state index contributed by atoms with van der Waals surface area (Å²) in [4.78, 5) is 39.1. The van der Waals surface area contributed by atoms with E-state index >= 15 is 0 Å². The minimum absolute atomic E-state index is 0.105. The maximum absolute atomic E-state index is 12.7. The number of fused-ring (bicyclic) bond motifs is 1. The highest BCUT2D eigenvalue weighted by Crippen LogP contribution is 2.27. The first kappa shape index (κ1) is 18.3. The summed E-state index contributed by atoms with van der Waals surface area (Å²) in [7, 11) is 0. The van der Waals surface area contributed by atoms with Crippen LogP contribution in [0.25, 0.3) is 0 Å². The molecule has 0 N–H and O–H groups in total. The number of hydrogen-bond donors (Lipinski definition) is 0. The van der Waals surface area contributed by atoms with Gasteiger partial charge in [-0.15, -0.1) is 0 Å². The molecule has 0 aliphatic carbocycles. The third kappa shape index (κ3) is 3.70. The smallest absolute Gasteiger partial charge is 0.329 e. The summed E-state index contributed by atoms with van der Waals surface area (Å²) in [6, 6.07) is 15.0. The standard InChI is InChI=1S/C20H18BrNO4/c21-12-6-11-17(20(25)26-13-14-7-2-1-3-8-14)22-18(23)15-9-4-5-10-16(15)19(22)24/h1-5,7-10,17H,6,11-13H2. The van der Waals surface area contributed by atoms with E-state index in [2.05, 4.69) is 15.9 Å². The molecule has 0 bridgehead atoms. The van der Waals surface area contributed by atoms with Crippen LogP contribution in [0, 0.1) is 0 Å². The van der Waals surface area contributed by atoms with E-state index in [1.807, 2.05) is 30.3 Å². The van der Waals surface area contributed by atoms with Crippen molar-refractivity contribution >= 4 is 33.7 Å². The van der Waals surface area contributed by atoms with Gasteiger partial charge in [0, 0.05) is 5.33 Å². The summed E-state index contributed by atoms with van der Waals surface area (Å²) < 4.78 is 5.39. The summed E-state index contributed by atoms with van der Waals surface area (Å²) in [6.45, 7) is 0.105. The van der Waals surface area contributed by atoms with Crippen molar-refractivity contribution < 1.29 is 19.1 Å². The molecule has 26 heavy (non-hydrogen) atoms. The number of nitrogens with zero attached hydrogens (tertiary/aromatic N) is 1. The zero-order chi connectivity index (χ0) is 18.5. The van der Waals surface area contributed by atoms with Gasteiger partial charge in [-0.3, -0.25) is 14.5 Å². The second-order valence-electron chi connectivity index (χ2n) is 5.97. The van der Waals surface area contributed by atoms with Gasteiger partial charge in [-0.1, -0.05) is 58.4 Å². The molecule has 0 saturated heterocycles. The van der Waals surface area contributed by atoms with Crippen LogP contribution in [0.1, 0.15) is 39.1 Å². The van der Waals surface area contributed by atoms with Gasteiger partial charge >= 0.3 is 5.97 Å². The molecular formula is C20H18BrNO4. The average Bonchev–Trinajstić information content (AvgIpc) is 2.93. The lowest BCUT2D eigenvalue weighted by Gasteiger charge is -2.24. The van der Waals surface area contributed by atoms with Crippen LogP contribution >= 0.6 is 15.9 Å². The van der Waals surface area contributed by atoms with Crippen molar-refractivity contribution in [3.05, 3.63) is 71.3 Å². The monoisotopic (exact) mass is 415 g/mol. The van der Waals surface area contributed by atoms with Gasteiger partial charge in [0.05, 0.1) is 11.1 Å². The second kappa shape index (κ2) is 8.27. The van der Waals surface area contributed by atoms with Crippen molar-refractivity contribution in [1.29, 1.82) is 0 Å². The molecule has 5 nitrogen and oxygen atoms in total. The van der Waals surface area contributed by atoms with Crippen molar-refractivity contribution in [2.75, 3.05) is 5.33 Å². The van der Waals surface area contributed by atoms with E-state index in [1.54, 1.807) is 24.3 Å². The second-order valence-corrected chi connectivity index (χ2v) is 6.76. The molecule has 2 aromatic rings. The van der Waals surface area contributed by atoms with Crippen LogP contribution in [0.5, 0.6) is 0 Å². The van der Waals surface area contributed by atoms with E-state index in [9.17, 15) is 14.4 Å². The number of carbonyl (C=O) groups is 3. The average molecular weight is 416 g/mol. The summed E-state index contributed by atoms with van der Waals surface area (Å²) in [6.07, 6.45) is 0.989. The van der Waals surface area contributed by atoms with Gasteiger partial charge in [0.25, 0.3) is 11.8 Å². The molecule has 2 aromatic carbocycles. The van der Waals surface area contributed by atoms with Crippen LogP contribution in [0.4, 0.5) is 0 Å². The number of alkyl halides is 1. The third-order valence-corrected chi connectivity index (χ3v) is 4.81. The summed E-state index contributed by atoms with van der Waals surface area (Å²) in [5.41, 5.74) is 1.51. The van der Waals surface area contributed by atoms with E-state index in [0.29, 0.717) is 29.3 Å². The van der Waals surface area contributed by atoms with E-state index in [4.69, 9.17) is 4.74 Å². The molecule has 1 unspecified atom stereocenters. The van der Waals surface area contributed by atoms with Gasteiger partial charge in [0.1, 0.15) is 12.6 Å². The van der Waals surface area contributed by atoms with Crippen LogP contribution in [0.2, 0.25) is 0 Å². The van der Waals surface area contributed by atoms with Gasteiger partial charge in [-0.05, 0) is 30.5 Å². The molecule has 0 radical (unpaired) electrons. The maximum atomic E-state index is 12.7. The van der Waals surface area contributed by atoms with Crippen LogP contribution < -0.4 is 0 Å². The number of amides is 2. The quantitative estimate of drug-likeness (QED) is 0.393. The number of carbonyl (C=O) groups excluding carboxylic acids is 3. The number of imide groups is 1. The van der Waals surface area contributed by atoms with Gasteiger partial charge in [-0.2, -0.15) is 0 Å². The lowest BCUT2D eigenvalue weighted by Crippen LogP contribution is -2.45. The number of rotatable bonds is 7. The molecule has 1 atom stereocenters. The molecule has 1 aliphatic heterocycles. The van der Waals surface area contributed by atoms with Crippen molar-refractivity contribution in [1.82, 2.24) is 4.90 Å². The number of esters is 1. The van der Waals surface area contributed by atoms with Crippen molar-refractivity contribution in [2.24, 2.45) is 0 Å². The first-order chi connectivity index (χ1) is 12.6. The normalized spacial score (nSPS) is 14.3. The minimum Gasteiger partial charge on any atom is -0.459 e. The predicted octanol–water partition coefficient (Wildman–Crippen LogP) is 3.57. The van der Waals surface area contributed by atoms with Gasteiger partial charge in [0.2, 0.25) is 0 Å². The maximum Gasteiger partial charge on any atom is 0.329 e. The topological polar surface area (TPSA) is 63.7 Å². The van der Waals surface area contributed by atoms with Gasteiger partial charge in [0.15, 0.2) is 0 Å². The summed E-state index contributed by atoms with van der Waals surface area (Å²) in [5.74, 6) is -1.45. The third-order valence-electron chi connectivity index (χ3n) is 4.24. The molecule has 1 aliphatic rings. The summed E-state index contributed by atoms with van der Waals surface area (Å²) >= 11 is 3.33. The largest absolute Gasteiger partial charge is 0.459 e. The Labute approximate surface area is 160 Å². The van der Waals surface area contributed by atoms with E-state index < -0.39 is 23.8 Å². The number of halogens is 1. The van der Waals surface area contributed by atoms with Gasteiger partial charge < -0.3 is 4.74 Å². The van der Waals surface area contributed by atoms with E-state index in [-0.39, 0.29) is 6.61 Å². The fourth-order valence-electron chi connectivity index (χ4n) is 2.94. The predicted molar refractivity (Wildman–Crippen MR) is 100.0 cm³/mol. The number of benzene rings is 2. The van der Waals surface area contributed by atoms with Crippen molar-refractivity contribution in [3.8, 4) is 0 Å². The number of hydrogen-bond acceptors (Lipinski definition) is 4. The van der Waals surface area contributed by atoms with Crippen LogP contribution in [0.15, 0.2) is 54.6 Å². The lowest BCUT2D eigenvalue weighted by molar-refractivity contribution is -0.149. The molecule has 0 aromatic heterocycles. The number of ether oxygens (including phenoxy) is 1. The highest BCUT2D eigenvalue weighted by Gasteiger charge is 2.42. The zero-order valence-electron chi connectivity index (χ0n) is 14.1. The molecule has 134 valence electrons. The Bertz CT molecular complexity index is 787. The molecular weight excluding hydrogens is 398 g/mol. The van der Waals surface area contributed by atoms with Gasteiger partial charge in [-0.25, -0.2) is 4.79 Å². The SMILES string of the molecule is O=C(OCc1ccccc1)C(CCCBr)N1C(=O)c2ccccc2C1=O. The minimum atomic E-state index is -0.927. The molecule has 3 rings (SSSR count). The Hall–Kier alpha value is -2.47. The van der Waals surface area contributed by atoms with E-state index in [0.717, 1.165) is 10.5 Å². The highest BCUT2D eigenvalue weighted by molar-refractivity contribution is 9.09. The Balaban J connectivity index is 1.79. The van der Waals surface area contributed by atoms with Crippen LogP contribution in [-0.2, 0) is 16.1 Å². The molecule has 0 spiro atoms. The Morgan fingerprint density at radius 2 is 1.54 bits per heavy atom. The van der Waals surface area contributed by atoms with Crippen molar-refractivity contribution in [3.63, 3.8) is 0 Å². The molecule has 2 amide bonds. The Kier molecular flexibility index (Phi) is 5.83. The highest BCUT2D eigenvalue weighted by atomic mass is 79.9. The zero-order valence-corrected chi connectivity index (χ0v) is 15.6. The molecule has 1 heterocycles. The first-order valence-electron chi connectivity index (χ1n) is 8.37. The van der Waals surface area contributed by atoms with Crippen LogP contribution in [-0.4, -0.2) is 34.1 Å². The fraction of sp³-hybridized carbons (Fsp3) is 0.250. The fourth-order valence-corrected chi connectivity index (χ4v) is 3.26. The molecule has 0 saturated carbocycles. The Morgan fingerprint density at radius 3 is 2.12 bits per heavy atom. The molecule has 6 heteroatoms. The summed E-state index contributed by atoms with van der Waals surface area (Å²) in [5, 5.41) is 0.665. The van der Waals surface area contributed by atoms with Crippen molar-refractivity contribution in [2.45, 2.75) is 25.5 Å².